The third-order valence-electron chi connectivity index (χ3n) is 4.76. The van der Waals surface area contributed by atoms with Crippen LogP contribution < -0.4 is 0 Å². The predicted molar refractivity (Wildman–Crippen MR) is 103 cm³/mol. The fourth-order valence-electron chi connectivity index (χ4n) is 3.58. The van der Waals surface area contributed by atoms with E-state index in [2.05, 4.69) is 84.9 Å². The summed E-state index contributed by atoms with van der Waals surface area (Å²) in [6.45, 7) is 0. The maximum Gasteiger partial charge on any atom is -0.00990 e. The Labute approximate surface area is 141 Å². The highest BCUT2D eigenvalue weighted by atomic mass is 14.1. The molecule has 0 N–H and O–H groups in total. The molecule has 0 nitrogen and oxygen atoms in total. The van der Waals surface area contributed by atoms with Crippen molar-refractivity contribution in [2.45, 2.75) is 0 Å². The summed E-state index contributed by atoms with van der Waals surface area (Å²) in [5.74, 6) is 0. The first-order chi connectivity index (χ1) is 11.9. The number of hydrogen-bond donors (Lipinski definition) is 0. The van der Waals surface area contributed by atoms with E-state index in [9.17, 15) is 0 Å². The van der Waals surface area contributed by atoms with Crippen molar-refractivity contribution in [2.75, 3.05) is 0 Å². The molecule has 0 saturated heterocycles. The van der Waals surface area contributed by atoms with Crippen molar-refractivity contribution in [1.82, 2.24) is 0 Å². The lowest BCUT2D eigenvalue weighted by Crippen LogP contribution is -1.84. The minimum absolute atomic E-state index is 1.16. The molecule has 5 rings (SSSR count). The van der Waals surface area contributed by atoms with Gasteiger partial charge in [-0.2, -0.15) is 0 Å². The van der Waals surface area contributed by atoms with Crippen LogP contribution in [0.3, 0.4) is 0 Å². The first-order valence-corrected chi connectivity index (χ1v) is 8.21. The van der Waals surface area contributed by atoms with E-state index in [0.717, 1.165) is 5.39 Å². The van der Waals surface area contributed by atoms with E-state index in [1.165, 1.54) is 38.1 Å². The SMILES string of the molecule is [c]1cccc2ccc(-c3cccc4c3ccc3ccccc34)cc12. The van der Waals surface area contributed by atoms with Crippen molar-refractivity contribution in [3.05, 3.63) is 97.1 Å². The highest BCUT2D eigenvalue weighted by Gasteiger charge is 2.07. The summed E-state index contributed by atoms with van der Waals surface area (Å²) in [7, 11) is 0. The van der Waals surface area contributed by atoms with Crippen LogP contribution in [-0.2, 0) is 0 Å². The van der Waals surface area contributed by atoms with E-state index in [1.54, 1.807) is 0 Å². The molecule has 0 aromatic heterocycles. The quantitative estimate of drug-likeness (QED) is 0.305. The second-order valence-corrected chi connectivity index (χ2v) is 6.16. The molecule has 0 bridgehead atoms. The van der Waals surface area contributed by atoms with Gasteiger partial charge in [0.1, 0.15) is 0 Å². The van der Waals surface area contributed by atoms with Crippen molar-refractivity contribution >= 4 is 32.3 Å². The summed E-state index contributed by atoms with van der Waals surface area (Å²) in [6, 6.07) is 35.7. The highest BCUT2D eigenvalue weighted by Crippen LogP contribution is 2.34. The zero-order chi connectivity index (χ0) is 15.9. The van der Waals surface area contributed by atoms with Gasteiger partial charge in [-0.25, -0.2) is 0 Å². The number of benzene rings is 5. The van der Waals surface area contributed by atoms with Gasteiger partial charge in [-0.15, -0.1) is 0 Å². The highest BCUT2D eigenvalue weighted by molar-refractivity contribution is 6.12. The van der Waals surface area contributed by atoms with Crippen molar-refractivity contribution in [3.8, 4) is 11.1 Å². The van der Waals surface area contributed by atoms with E-state index in [1.807, 2.05) is 12.1 Å². The molecule has 0 atom stereocenters. The molecular formula is C24H15. The summed E-state index contributed by atoms with van der Waals surface area (Å²) < 4.78 is 0. The number of rotatable bonds is 1. The van der Waals surface area contributed by atoms with Gasteiger partial charge in [0.15, 0.2) is 0 Å². The Morgan fingerprint density at radius 2 is 1.38 bits per heavy atom. The Kier molecular flexibility index (Phi) is 2.89. The van der Waals surface area contributed by atoms with Gasteiger partial charge in [-0.05, 0) is 55.6 Å². The van der Waals surface area contributed by atoms with Gasteiger partial charge in [0.05, 0.1) is 0 Å². The lowest BCUT2D eigenvalue weighted by molar-refractivity contribution is 1.68. The summed E-state index contributed by atoms with van der Waals surface area (Å²) in [6.07, 6.45) is 0. The molecule has 5 aromatic rings. The molecule has 0 unspecified atom stereocenters. The van der Waals surface area contributed by atoms with E-state index >= 15 is 0 Å². The van der Waals surface area contributed by atoms with Crippen molar-refractivity contribution in [2.24, 2.45) is 0 Å². The Hall–Kier alpha value is -3.12. The third kappa shape index (κ3) is 2.00. The smallest absolute Gasteiger partial charge is 0.00990 e. The number of fused-ring (bicyclic) bond motifs is 4. The molecular weight excluding hydrogens is 288 g/mol. The molecule has 5 aromatic carbocycles. The second-order valence-electron chi connectivity index (χ2n) is 6.16. The van der Waals surface area contributed by atoms with Crippen molar-refractivity contribution < 1.29 is 0 Å². The molecule has 0 aliphatic carbocycles. The molecule has 0 heteroatoms. The van der Waals surface area contributed by atoms with Crippen LogP contribution in [0.5, 0.6) is 0 Å². The zero-order valence-corrected chi connectivity index (χ0v) is 13.2. The van der Waals surface area contributed by atoms with Crippen molar-refractivity contribution in [3.63, 3.8) is 0 Å². The van der Waals surface area contributed by atoms with Crippen LogP contribution in [0.4, 0.5) is 0 Å². The average molecular weight is 303 g/mol. The Morgan fingerprint density at radius 3 is 2.38 bits per heavy atom. The van der Waals surface area contributed by atoms with Crippen LogP contribution in [0.2, 0.25) is 0 Å². The summed E-state index contributed by atoms with van der Waals surface area (Å²) in [5.41, 5.74) is 2.52. The van der Waals surface area contributed by atoms with E-state index < -0.39 is 0 Å². The normalized spacial score (nSPS) is 11.3. The Balaban J connectivity index is 1.83. The van der Waals surface area contributed by atoms with E-state index in [0.29, 0.717) is 0 Å². The molecule has 1 radical (unpaired) electrons. The van der Waals surface area contributed by atoms with Gasteiger partial charge in [0, 0.05) is 0 Å². The summed E-state index contributed by atoms with van der Waals surface area (Å²) in [5, 5.41) is 7.59. The molecule has 0 amide bonds. The maximum absolute atomic E-state index is 3.34. The Bertz CT molecular complexity index is 1200. The number of hydrogen-bond acceptors (Lipinski definition) is 0. The maximum atomic E-state index is 3.34. The van der Waals surface area contributed by atoms with Crippen molar-refractivity contribution in [1.29, 1.82) is 0 Å². The van der Waals surface area contributed by atoms with Gasteiger partial charge in [0.2, 0.25) is 0 Å². The molecule has 0 saturated carbocycles. The van der Waals surface area contributed by atoms with Crippen LogP contribution in [-0.4, -0.2) is 0 Å². The fourth-order valence-corrected chi connectivity index (χ4v) is 3.58. The zero-order valence-electron chi connectivity index (χ0n) is 13.2. The minimum Gasteiger partial charge on any atom is -0.0616 e. The minimum atomic E-state index is 1.16. The molecule has 0 spiro atoms. The van der Waals surface area contributed by atoms with E-state index in [4.69, 9.17) is 0 Å². The van der Waals surface area contributed by atoms with Gasteiger partial charge < -0.3 is 0 Å². The first-order valence-electron chi connectivity index (χ1n) is 8.21. The second kappa shape index (κ2) is 5.21. The van der Waals surface area contributed by atoms with Crippen LogP contribution in [0.15, 0.2) is 91.0 Å². The van der Waals surface area contributed by atoms with Gasteiger partial charge in [0.25, 0.3) is 0 Å². The summed E-state index contributed by atoms with van der Waals surface area (Å²) >= 11 is 0. The van der Waals surface area contributed by atoms with Crippen LogP contribution >= 0.6 is 0 Å². The Morgan fingerprint density at radius 1 is 0.542 bits per heavy atom. The molecule has 0 aliphatic rings. The molecule has 0 heterocycles. The third-order valence-corrected chi connectivity index (χ3v) is 4.76. The lowest BCUT2D eigenvalue weighted by atomic mass is 9.94. The predicted octanol–water partition coefficient (Wildman–Crippen LogP) is 6.61. The standard InChI is InChI=1S/C24H15/c1-2-8-19-16-20(13-12-17(19)6-1)22-10-5-11-23-21-9-4-3-7-18(21)14-15-24(22)23/h1-7,9-16H. The van der Waals surface area contributed by atoms with Crippen LogP contribution in [0.25, 0.3) is 43.4 Å². The molecule has 0 aliphatic heterocycles. The van der Waals surface area contributed by atoms with Crippen LogP contribution in [0, 0.1) is 6.07 Å². The van der Waals surface area contributed by atoms with Gasteiger partial charge in [-0.1, -0.05) is 84.9 Å². The van der Waals surface area contributed by atoms with Gasteiger partial charge >= 0.3 is 0 Å². The lowest BCUT2D eigenvalue weighted by Gasteiger charge is -2.10. The van der Waals surface area contributed by atoms with Crippen LogP contribution in [0.1, 0.15) is 0 Å². The fraction of sp³-hybridized carbons (Fsp3) is 0. The topological polar surface area (TPSA) is 0 Å². The molecule has 0 fully saturated rings. The monoisotopic (exact) mass is 303 g/mol. The average Bonchev–Trinajstić information content (AvgIpc) is 2.67. The first kappa shape index (κ1) is 13.3. The molecule has 24 heavy (non-hydrogen) atoms. The van der Waals surface area contributed by atoms with E-state index in [-0.39, 0.29) is 0 Å². The summed E-state index contributed by atoms with van der Waals surface area (Å²) in [4.78, 5) is 0. The molecule has 111 valence electrons. The van der Waals surface area contributed by atoms with Gasteiger partial charge in [-0.3, -0.25) is 0 Å². The largest absolute Gasteiger partial charge is 0.0616 e.